The quantitative estimate of drug-likeness (QED) is 0.747. The van der Waals surface area contributed by atoms with Gasteiger partial charge in [0, 0.05) is 11.9 Å². The molecule has 6 heteroatoms. The number of aromatic nitrogens is 4. The molecule has 2 rings (SSSR count). The molecule has 68 valence electrons. The van der Waals surface area contributed by atoms with Gasteiger partial charge in [0.2, 0.25) is 0 Å². The molecule has 5 nitrogen and oxygen atoms in total. The van der Waals surface area contributed by atoms with Crippen LogP contribution in [0.2, 0.25) is 0 Å². The summed E-state index contributed by atoms with van der Waals surface area (Å²) < 4.78 is 0. The number of nitrogens with one attached hydrogen (secondary N) is 2. The molecule has 0 atom stereocenters. The largest absolute Gasteiger partial charge is 0.304 e. The van der Waals surface area contributed by atoms with Crippen LogP contribution >= 0.6 is 11.3 Å². The topological polar surface area (TPSA) is 66.5 Å². The van der Waals surface area contributed by atoms with Crippen molar-refractivity contribution < 1.29 is 0 Å². The number of hydrogen-bond donors (Lipinski definition) is 2. The third-order valence-electron chi connectivity index (χ3n) is 1.55. The van der Waals surface area contributed by atoms with Crippen molar-refractivity contribution in [3.63, 3.8) is 0 Å². The molecule has 2 aromatic heterocycles. The van der Waals surface area contributed by atoms with Crippen molar-refractivity contribution in [2.45, 2.75) is 13.1 Å². The number of rotatable bonds is 4. The molecule has 0 aliphatic carbocycles. The van der Waals surface area contributed by atoms with E-state index in [2.05, 4.69) is 25.5 Å². The molecular formula is C7H9N5S. The van der Waals surface area contributed by atoms with Crippen molar-refractivity contribution in [2.24, 2.45) is 0 Å². The van der Waals surface area contributed by atoms with Gasteiger partial charge in [-0.25, -0.2) is 9.97 Å². The predicted octanol–water partition coefficient (Wildman–Crippen LogP) is 0.551. The van der Waals surface area contributed by atoms with Gasteiger partial charge < -0.3 is 5.32 Å². The average molecular weight is 195 g/mol. The second kappa shape index (κ2) is 4.11. The summed E-state index contributed by atoms with van der Waals surface area (Å²) in [5.74, 6) is 0.843. The Balaban J connectivity index is 1.76. The third-order valence-corrected chi connectivity index (χ3v) is 2.18. The Kier molecular flexibility index (Phi) is 2.63. The minimum absolute atomic E-state index is 0.692. The van der Waals surface area contributed by atoms with Gasteiger partial charge in [-0.3, -0.25) is 5.10 Å². The van der Waals surface area contributed by atoms with E-state index in [1.54, 1.807) is 11.3 Å². The van der Waals surface area contributed by atoms with Crippen LogP contribution in [-0.2, 0) is 13.1 Å². The van der Waals surface area contributed by atoms with Gasteiger partial charge in [-0.15, -0.1) is 11.3 Å². The minimum atomic E-state index is 0.692. The summed E-state index contributed by atoms with van der Waals surface area (Å²) in [6.45, 7) is 1.46. The maximum absolute atomic E-state index is 4.14. The summed E-state index contributed by atoms with van der Waals surface area (Å²) in [5, 5.41) is 11.7. The lowest BCUT2D eigenvalue weighted by Gasteiger charge is -1.97. The molecule has 0 aliphatic heterocycles. The van der Waals surface area contributed by atoms with Crippen LogP contribution in [0.5, 0.6) is 0 Å². The molecule has 13 heavy (non-hydrogen) atoms. The maximum Gasteiger partial charge on any atom is 0.138 e. The first-order chi connectivity index (χ1) is 6.45. The summed E-state index contributed by atoms with van der Waals surface area (Å²) in [7, 11) is 0. The average Bonchev–Trinajstić information content (AvgIpc) is 2.75. The number of thiazole rings is 1. The zero-order valence-electron chi connectivity index (χ0n) is 6.90. The van der Waals surface area contributed by atoms with Crippen LogP contribution in [0.1, 0.15) is 11.5 Å². The van der Waals surface area contributed by atoms with Crippen molar-refractivity contribution in [2.75, 3.05) is 0 Å². The van der Waals surface area contributed by atoms with Crippen LogP contribution in [0.4, 0.5) is 0 Å². The SMILES string of the molecule is c1n[nH]c(CNCc2cscn2)n1. The fourth-order valence-corrected chi connectivity index (χ4v) is 1.51. The molecule has 0 saturated heterocycles. The molecule has 0 spiro atoms. The first kappa shape index (κ1) is 8.33. The predicted molar refractivity (Wildman–Crippen MR) is 49.0 cm³/mol. The van der Waals surface area contributed by atoms with Crippen LogP contribution < -0.4 is 5.32 Å². The fraction of sp³-hybridized carbons (Fsp3) is 0.286. The molecule has 2 aromatic rings. The van der Waals surface area contributed by atoms with Gasteiger partial charge >= 0.3 is 0 Å². The Morgan fingerprint density at radius 3 is 3.08 bits per heavy atom. The lowest BCUT2D eigenvalue weighted by Crippen LogP contribution is -2.13. The van der Waals surface area contributed by atoms with Gasteiger partial charge in [0.1, 0.15) is 12.2 Å². The van der Waals surface area contributed by atoms with Gasteiger partial charge in [0.25, 0.3) is 0 Å². The van der Waals surface area contributed by atoms with E-state index in [1.807, 2.05) is 10.9 Å². The first-order valence-corrected chi connectivity index (χ1v) is 4.81. The van der Waals surface area contributed by atoms with Crippen LogP contribution in [0.3, 0.4) is 0 Å². The number of H-pyrrole nitrogens is 1. The van der Waals surface area contributed by atoms with E-state index in [0.717, 1.165) is 18.1 Å². The summed E-state index contributed by atoms with van der Waals surface area (Å²) in [6, 6.07) is 0. The van der Waals surface area contributed by atoms with Gasteiger partial charge in [0.05, 0.1) is 17.7 Å². The van der Waals surface area contributed by atoms with Crippen LogP contribution in [-0.4, -0.2) is 20.2 Å². The highest BCUT2D eigenvalue weighted by Gasteiger charge is 1.96. The Hall–Kier alpha value is -1.27. The third kappa shape index (κ3) is 2.33. The monoisotopic (exact) mass is 195 g/mol. The Morgan fingerprint density at radius 1 is 1.38 bits per heavy atom. The number of hydrogen-bond acceptors (Lipinski definition) is 5. The first-order valence-electron chi connectivity index (χ1n) is 3.87. The molecule has 0 fully saturated rings. The molecule has 0 aromatic carbocycles. The van der Waals surface area contributed by atoms with Crippen LogP contribution in [0.15, 0.2) is 17.2 Å². The smallest absolute Gasteiger partial charge is 0.138 e. The highest BCUT2D eigenvalue weighted by atomic mass is 32.1. The molecule has 2 N–H and O–H groups in total. The number of nitrogens with zero attached hydrogens (tertiary/aromatic N) is 3. The molecule has 0 bridgehead atoms. The van der Waals surface area contributed by atoms with E-state index in [-0.39, 0.29) is 0 Å². The molecule has 0 radical (unpaired) electrons. The van der Waals surface area contributed by atoms with Crippen LogP contribution in [0.25, 0.3) is 0 Å². The van der Waals surface area contributed by atoms with E-state index in [9.17, 15) is 0 Å². The lowest BCUT2D eigenvalue weighted by molar-refractivity contribution is 0.656. The van der Waals surface area contributed by atoms with Gasteiger partial charge in [-0.05, 0) is 0 Å². The molecule has 0 saturated carbocycles. The van der Waals surface area contributed by atoms with Crippen molar-refractivity contribution >= 4 is 11.3 Å². The minimum Gasteiger partial charge on any atom is -0.304 e. The van der Waals surface area contributed by atoms with Crippen molar-refractivity contribution in [1.29, 1.82) is 0 Å². The highest BCUT2D eigenvalue weighted by Crippen LogP contribution is 1.99. The molecule has 2 heterocycles. The Morgan fingerprint density at radius 2 is 2.38 bits per heavy atom. The van der Waals surface area contributed by atoms with Gasteiger partial charge in [-0.1, -0.05) is 0 Å². The summed E-state index contributed by atoms with van der Waals surface area (Å²) in [4.78, 5) is 8.13. The zero-order valence-corrected chi connectivity index (χ0v) is 7.71. The van der Waals surface area contributed by atoms with Crippen molar-refractivity contribution in [1.82, 2.24) is 25.5 Å². The molecular weight excluding hydrogens is 186 g/mol. The normalized spacial score (nSPS) is 10.5. The van der Waals surface area contributed by atoms with E-state index in [4.69, 9.17) is 0 Å². The van der Waals surface area contributed by atoms with Crippen LogP contribution in [0, 0.1) is 0 Å². The summed E-state index contributed by atoms with van der Waals surface area (Å²) in [6.07, 6.45) is 1.50. The Bertz CT molecular complexity index is 293. The lowest BCUT2D eigenvalue weighted by atomic mass is 10.5. The van der Waals surface area contributed by atoms with Crippen molar-refractivity contribution in [3.8, 4) is 0 Å². The summed E-state index contributed by atoms with van der Waals surface area (Å²) in [5.41, 5.74) is 2.88. The molecule has 0 unspecified atom stereocenters. The zero-order chi connectivity index (χ0) is 8.93. The van der Waals surface area contributed by atoms with Gasteiger partial charge in [0.15, 0.2) is 0 Å². The van der Waals surface area contributed by atoms with E-state index in [1.165, 1.54) is 6.33 Å². The fourth-order valence-electron chi connectivity index (χ4n) is 0.950. The molecule has 0 amide bonds. The van der Waals surface area contributed by atoms with E-state index >= 15 is 0 Å². The van der Waals surface area contributed by atoms with E-state index < -0.39 is 0 Å². The number of aromatic amines is 1. The Labute approximate surface area is 79.2 Å². The molecule has 0 aliphatic rings. The standard InChI is InChI=1S/C7H9N5S/c1(6-3-13-5-10-6)8-2-7-9-4-11-12-7/h3-5,8H,1-2H2,(H,9,11,12). The maximum atomic E-state index is 4.14. The van der Waals surface area contributed by atoms with Crippen molar-refractivity contribution in [3.05, 3.63) is 28.7 Å². The van der Waals surface area contributed by atoms with Gasteiger partial charge in [-0.2, -0.15) is 5.10 Å². The summed E-state index contributed by atoms with van der Waals surface area (Å²) >= 11 is 1.60. The van der Waals surface area contributed by atoms with E-state index in [0.29, 0.717) is 6.54 Å². The second-order valence-corrected chi connectivity index (χ2v) is 3.23. The second-order valence-electron chi connectivity index (χ2n) is 2.52. The highest BCUT2D eigenvalue weighted by molar-refractivity contribution is 7.07.